The summed E-state index contributed by atoms with van der Waals surface area (Å²) in [4.78, 5) is 59.2. The van der Waals surface area contributed by atoms with Crippen molar-refractivity contribution in [1.29, 1.82) is 0 Å². The van der Waals surface area contributed by atoms with E-state index in [1.807, 2.05) is 17.9 Å². The molecule has 0 aliphatic rings. The van der Waals surface area contributed by atoms with Gasteiger partial charge in [-0.2, -0.15) is 0 Å². The molecule has 2 amide bonds. The molecule has 1 aromatic heterocycles. The molecule has 0 aliphatic heterocycles. The van der Waals surface area contributed by atoms with Gasteiger partial charge in [0, 0.05) is 29.9 Å². The van der Waals surface area contributed by atoms with Gasteiger partial charge in [-0.15, -0.1) is 6.42 Å². The number of nitrogens with zero attached hydrogens (tertiary/aromatic N) is 4. The first-order valence-corrected chi connectivity index (χ1v) is 15.0. The molecule has 0 unspecified atom stereocenters. The third-order valence-corrected chi connectivity index (χ3v) is 7.20. The number of fused-ring (bicyclic) bond motifs is 1. The summed E-state index contributed by atoms with van der Waals surface area (Å²) in [5, 5.41) is 11.8. The third kappa shape index (κ3) is 7.44. The smallest absolute Gasteiger partial charge is 0.271 e. The standard InChI is InChI=1S/C30H28N6O7S/c1-5-13-34(17-22-15-26-27(14-19(22)2)31-20(3)32-29(26)38)23-11-9-21(10-12-23)30(39)35(18-28(37)33-44(4,42)43)24-7-6-8-25(16-24)36(40)41/h1,6-12,14-16H,13,17-18H2,2-4H3,(H,33,37)(H,31,32,38). The van der Waals surface area contributed by atoms with Gasteiger partial charge in [-0.1, -0.05) is 12.0 Å². The molecule has 0 aliphatic carbocycles. The average Bonchev–Trinajstić information content (AvgIpc) is 2.95. The highest BCUT2D eigenvalue weighted by molar-refractivity contribution is 7.89. The molecular formula is C30H28N6O7S. The average molecular weight is 617 g/mol. The highest BCUT2D eigenvalue weighted by Gasteiger charge is 2.24. The lowest BCUT2D eigenvalue weighted by Gasteiger charge is -2.25. The van der Waals surface area contributed by atoms with Crippen LogP contribution in [0.5, 0.6) is 0 Å². The van der Waals surface area contributed by atoms with Gasteiger partial charge in [0.2, 0.25) is 10.0 Å². The number of carbonyl (C=O) groups is 2. The first kappa shape index (κ1) is 31.4. The van der Waals surface area contributed by atoms with E-state index in [0.29, 0.717) is 29.0 Å². The Morgan fingerprint density at radius 1 is 1.09 bits per heavy atom. The van der Waals surface area contributed by atoms with E-state index in [0.717, 1.165) is 28.3 Å². The number of sulfonamides is 1. The summed E-state index contributed by atoms with van der Waals surface area (Å²) in [6.07, 6.45) is 6.44. The number of H-pyrrole nitrogens is 1. The van der Waals surface area contributed by atoms with E-state index >= 15 is 0 Å². The molecule has 1 heterocycles. The Balaban J connectivity index is 1.65. The van der Waals surface area contributed by atoms with E-state index in [4.69, 9.17) is 6.42 Å². The summed E-state index contributed by atoms with van der Waals surface area (Å²) in [7, 11) is -3.92. The van der Waals surface area contributed by atoms with Crippen LogP contribution in [0.15, 0.2) is 65.5 Å². The van der Waals surface area contributed by atoms with Gasteiger partial charge < -0.3 is 9.88 Å². The second-order valence-electron chi connectivity index (χ2n) is 10.0. The number of carbonyl (C=O) groups excluding carboxylic acids is 2. The van der Waals surface area contributed by atoms with Crippen LogP contribution in [0.2, 0.25) is 0 Å². The van der Waals surface area contributed by atoms with Crippen molar-refractivity contribution in [2.45, 2.75) is 20.4 Å². The zero-order valence-electron chi connectivity index (χ0n) is 24.0. The molecule has 0 atom stereocenters. The van der Waals surface area contributed by atoms with E-state index in [-0.39, 0.29) is 29.0 Å². The number of nitro benzene ring substituents is 1. The Bertz CT molecular complexity index is 1980. The van der Waals surface area contributed by atoms with Gasteiger partial charge in [-0.25, -0.2) is 13.4 Å². The number of aryl methyl sites for hydroxylation is 2. The minimum absolute atomic E-state index is 0.0253. The van der Waals surface area contributed by atoms with Crippen molar-refractivity contribution in [3.8, 4) is 12.3 Å². The molecule has 0 fully saturated rings. The molecule has 3 aromatic carbocycles. The molecule has 0 spiro atoms. The van der Waals surface area contributed by atoms with Crippen LogP contribution in [0, 0.1) is 36.3 Å². The Hall–Kier alpha value is -5.55. The third-order valence-electron chi connectivity index (χ3n) is 6.60. The Kier molecular flexibility index (Phi) is 9.10. The number of rotatable bonds is 10. The van der Waals surface area contributed by atoms with Crippen LogP contribution >= 0.6 is 0 Å². The van der Waals surface area contributed by atoms with E-state index in [2.05, 4.69) is 15.9 Å². The van der Waals surface area contributed by atoms with Crippen LogP contribution in [-0.2, 0) is 21.4 Å². The molecular weight excluding hydrogens is 588 g/mol. The number of nitro groups is 1. The van der Waals surface area contributed by atoms with Gasteiger partial charge in [0.05, 0.1) is 34.3 Å². The molecule has 0 radical (unpaired) electrons. The van der Waals surface area contributed by atoms with Crippen LogP contribution < -0.4 is 20.1 Å². The van der Waals surface area contributed by atoms with Crippen molar-refractivity contribution in [2.24, 2.45) is 0 Å². The number of non-ortho nitro benzene ring substituents is 1. The number of hydrogen-bond acceptors (Lipinski definition) is 9. The molecule has 4 rings (SSSR count). The number of anilines is 2. The maximum Gasteiger partial charge on any atom is 0.271 e. The maximum atomic E-state index is 13.6. The fraction of sp³-hybridized carbons (Fsp3) is 0.200. The topological polar surface area (TPSA) is 176 Å². The van der Waals surface area contributed by atoms with Crippen LogP contribution in [0.1, 0.15) is 27.3 Å². The van der Waals surface area contributed by atoms with Crippen molar-refractivity contribution in [3.63, 3.8) is 0 Å². The minimum atomic E-state index is -3.92. The summed E-state index contributed by atoms with van der Waals surface area (Å²) in [6, 6.07) is 15.0. The van der Waals surface area contributed by atoms with Gasteiger partial charge in [-0.3, -0.25) is 34.1 Å². The maximum absolute atomic E-state index is 13.6. The van der Waals surface area contributed by atoms with Gasteiger partial charge in [-0.05, 0) is 67.4 Å². The molecule has 13 nitrogen and oxygen atoms in total. The lowest BCUT2D eigenvalue weighted by atomic mass is 10.0. The second-order valence-corrected chi connectivity index (χ2v) is 11.8. The van der Waals surface area contributed by atoms with E-state index in [1.54, 1.807) is 29.8 Å². The summed E-state index contributed by atoms with van der Waals surface area (Å²) in [5.41, 5.74) is 2.57. The van der Waals surface area contributed by atoms with Crippen molar-refractivity contribution in [2.75, 3.05) is 29.1 Å². The predicted octanol–water partition coefficient (Wildman–Crippen LogP) is 2.81. The zero-order chi connectivity index (χ0) is 32.2. The molecule has 2 N–H and O–H groups in total. The molecule has 0 bridgehead atoms. The van der Waals surface area contributed by atoms with Crippen LogP contribution in [-0.4, -0.2) is 54.5 Å². The number of terminal acetylenes is 1. The molecule has 4 aromatic rings. The molecule has 226 valence electrons. The summed E-state index contributed by atoms with van der Waals surface area (Å²) < 4.78 is 25.0. The van der Waals surface area contributed by atoms with Crippen molar-refractivity contribution in [3.05, 3.63) is 104 Å². The summed E-state index contributed by atoms with van der Waals surface area (Å²) in [6.45, 7) is 3.45. The Labute approximate surface area is 252 Å². The monoisotopic (exact) mass is 616 g/mol. The van der Waals surface area contributed by atoms with E-state index < -0.39 is 33.3 Å². The number of amides is 2. The number of aromatic amines is 1. The molecule has 14 heteroatoms. The number of benzene rings is 3. The van der Waals surface area contributed by atoms with Crippen LogP contribution in [0.4, 0.5) is 17.1 Å². The van der Waals surface area contributed by atoms with Crippen LogP contribution in [0.25, 0.3) is 10.9 Å². The molecule has 44 heavy (non-hydrogen) atoms. The molecule has 0 saturated carbocycles. The van der Waals surface area contributed by atoms with E-state index in [9.17, 15) is 32.9 Å². The fourth-order valence-electron chi connectivity index (χ4n) is 4.58. The van der Waals surface area contributed by atoms with Crippen molar-refractivity contribution < 1.29 is 22.9 Å². The highest BCUT2D eigenvalue weighted by Crippen LogP contribution is 2.25. The summed E-state index contributed by atoms with van der Waals surface area (Å²) in [5.74, 6) is 1.43. The van der Waals surface area contributed by atoms with Gasteiger partial charge in [0.1, 0.15) is 12.4 Å². The normalized spacial score (nSPS) is 11.0. The zero-order valence-corrected chi connectivity index (χ0v) is 24.8. The first-order valence-electron chi connectivity index (χ1n) is 13.1. The Morgan fingerprint density at radius 3 is 2.43 bits per heavy atom. The Morgan fingerprint density at radius 2 is 1.80 bits per heavy atom. The van der Waals surface area contributed by atoms with Gasteiger partial charge in [0.15, 0.2) is 0 Å². The SMILES string of the molecule is C#CCN(Cc1cc2c(=O)[nH]c(C)nc2cc1C)c1ccc(C(=O)N(CC(=O)NS(C)(=O)=O)c2cccc([N+](=O)[O-])c2)cc1. The number of hydrogen-bond donors (Lipinski definition) is 2. The lowest BCUT2D eigenvalue weighted by molar-refractivity contribution is -0.384. The quantitative estimate of drug-likeness (QED) is 0.154. The fourth-order valence-corrected chi connectivity index (χ4v) is 5.06. The predicted molar refractivity (Wildman–Crippen MR) is 166 cm³/mol. The number of aromatic nitrogens is 2. The second kappa shape index (κ2) is 12.8. The van der Waals surface area contributed by atoms with Crippen LogP contribution in [0.3, 0.4) is 0 Å². The largest absolute Gasteiger partial charge is 0.356 e. The highest BCUT2D eigenvalue weighted by atomic mass is 32.2. The minimum Gasteiger partial charge on any atom is -0.356 e. The summed E-state index contributed by atoms with van der Waals surface area (Å²) >= 11 is 0. The first-order chi connectivity index (χ1) is 20.8. The number of nitrogens with one attached hydrogen (secondary N) is 2. The van der Waals surface area contributed by atoms with E-state index in [1.165, 1.54) is 30.3 Å². The lowest BCUT2D eigenvalue weighted by Crippen LogP contribution is -2.42. The van der Waals surface area contributed by atoms with Gasteiger partial charge >= 0.3 is 0 Å². The van der Waals surface area contributed by atoms with Crippen molar-refractivity contribution in [1.82, 2.24) is 14.7 Å². The van der Waals surface area contributed by atoms with Gasteiger partial charge in [0.25, 0.3) is 23.1 Å². The van der Waals surface area contributed by atoms with Crippen molar-refractivity contribution >= 4 is 49.8 Å². The molecule has 0 saturated heterocycles.